The Balaban J connectivity index is 2.05. The zero-order valence-corrected chi connectivity index (χ0v) is 41.1. The van der Waals surface area contributed by atoms with E-state index in [1.807, 2.05) is 13.8 Å². The van der Waals surface area contributed by atoms with Crippen LogP contribution in [0.2, 0.25) is 0 Å². The molecular formula is C43H75N8O14PS. The molecule has 0 bridgehead atoms. The van der Waals surface area contributed by atoms with Gasteiger partial charge in [-0.05, 0) is 38.5 Å². The number of nitrogens with two attached hydrogens (primary N) is 2. The van der Waals surface area contributed by atoms with Gasteiger partial charge in [-0.2, -0.15) is 12.6 Å². The van der Waals surface area contributed by atoms with Crippen LogP contribution in [0, 0.1) is 17.8 Å². The molecule has 1 saturated heterocycles. The van der Waals surface area contributed by atoms with Crippen LogP contribution in [0.1, 0.15) is 104 Å². The Kier molecular flexibility index (Phi) is 28.4. The minimum atomic E-state index is -4.65. The summed E-state index contributed by atoms with van der Waals surface area (Å²) < 4.78 is 33.8. The molecule has 2 heterocycles. The molecule has 1 aliphatic rings. The quantitative estimate of drug-likeness (QED) is 0.0254. The minimum Gasteiger partial charge on any atom is -0.394 e. The van der Waals surface area contributed by atoms with E-state index in [9.17, 15) is 48.1 Å². The van der Waals surface area contributed by atoms with Crippen molar-refractivity contribution >= 4 is 61.6 Å². The fourth-order valence-corrected chi connectivity index (χ4v) is 8.47. The molecule has 1 aromatic rings. The molecule has 1 aliphatic heterocycles. The molecule has 1 unspecified atom stereocenters. The number of H-pyrrole nitrogens is 1. The van der Waals surface area contributed by atoms with Gasteiger partial charge in [-0.15, -0.1) is 0 Å². The van der Waals surface area contributed by atoms with Crippen LogP contribution in [0.25, 0.3) is 0 Å². The molecule has 22 nitrogen and oxygen atoms in total. The van der Waals surface area contributed by atoms with Crippen LogP contribution in [0.15, 0.2) is 12.5 Å². The van der Waals surface area contributed by atoms with Crippen molar-refractivity contribution in [2.45, 2.75) is 135 Å². The highest BCUT2D eigenvalue weighted by Gasteiger charge is 2.38. The van der Waals surface area contributed by atoms with Gasteiger partial charge in [0, 0.05) is 50.0 Å². The summed E-state index contributed by atoms with van der Waals surface area (Å²) in [6.07, 6.45) is 5.77. The van der Waals surface area contributed by atoms with Crippen molar-refractivity contribution in [2.24, 2.45) is 29.2 Å². The molecule has 1 aromatic heterocycles. The molecule has 0 spiro atoms. The Labute approximate surface area is 398 Å². The number of phosphoric ester groups is 1. The Morgan fingerprint density at radius 3 is 2.27 bits per heavy atom. The van der Waals surface area contributed by atoms with Crippen molar-refractivity contribution in [2.75, 3.05) is 58.5 Å². The summed E-state index contributed by atoms with van der Waals surface area (Å²) in [5.74, 6) is -6.72. The maximum Gasteiger partial charge on any atom is 0.472 e. The average molecular weight is 991 g/mol. The number of primary amides is 1. The van der Waals surface area contributed by atoms with Gasteiger partial charge in [0.25, 0.3) is 0 Å². The number of aliphatic hydroxyl groups is 1. The van der Waals surface area contributed by atoms with Crippen LogP contribution in [-0.2, 0) is 63.1 Å². The number of ether oxygens (including phenoxy) is 2. The number of Topliss-reactive ketones (excluding diaryl/α,β-unsaturated/α-hetero) is 2. The molecule has 0 radical (unpaired) electrons. The van der Waals surface area contributed by atoms with E-state index < -0.39 is 98.7 Å². The topological polar surface area (TPSA) is 334 Å². The van der Waals surface area contributed by atoms with Crippen LogP contribution in [0.5, 0.6) is 0 Å². The fraction of sp³-hybridized carbons (Fsp3) is 0.767. The van der Waals surface area contributed by atoms with E-state index in [1.165, 1.54) is 24.3 Å². The van der Waals surface area contributed by atoms with E-state index in [4.69, 9.17) is 30.0 Å². The standard InChI is InChI=1S/C43H75N8O14PS/c1-5-6-7-8-9-15-64-66(60,61)65-29(4)32(40(45)56)23-38(54)35(25-52)50-41(57)30(21-31-24-46-27-48-31)22-37(53)34(20-28(2)3)49-43(59)36-11-10-14-51(36)39(55)12-16-62-18-19-63-17-13-47-42(58)33(44)26-67/h24,27-30,32-36,52,67H,5-23,25-26,44H2,1-4H3,(H2,45,56)(H,46,48)(H,47,58)(H,49,59)(H,50,57)(H,60,61)/t29-,30-,32+,33+,34+,35+,36+/m1/s1. The summed E-state index contributed by atoms with van der Waals surface area (Å²) >= 11 is 3.98. The number of ketones is 2. The van der Waals surface area contributed by atoms with Crippen molar-refractivity contribution in [3.63, 3.8) is 0 Å². The number of aromatic nitrogens is 2. The molecular weight excluding hydrogens is 916 g/mol. The van der Waals surface area contributed by atoms with Gasteiger partial charge in [0.15, 0.2) is 11.6 Å². The highest BCUT2D eigenvalue weighted by Crippen LogP contribution is 2.46. The Morgan fingerprint density at radius 2 is 1.64 bits per heavy atom. The number of unbranched alkanes of at least 4 members (excludes halogenated alkanes) is 4. The third kappa shape index (κ3) is 22.9. The van der Waals surface area contributed by atoms with Gasteiger partial charge in [-0.3, -0.25) is 42.6 Å². The molecule has 5 amide bonds. The third-order valence-electron chi connectivity index (χ3n) is 11.1. The second-order valence-corrected chi connectivity index (χ2v) is 18.9. The van der Waals surface area contributed by atoms with Gasteiger partial charge in [0.2, 0.25) is 29.5 Å². The molecule has 2 rings (SSSR count). The lowest BCUT2D eigenvalue weighted by atomic mass is 9.89. The van der Waals surface area contributed by atoms with Crippen LogP contribution >= 0.6 is 20.5 Å². The molecule has 8 atom stereocenters. The van der Waals surface area contributed by atoms with E-state index in [1.54, 1.807) is 0 Å². The van der Waals surface area contributed by atoms with Crippen molar-refractivity contribution in [3.05, 3.63) is 18.2 Å². The van der Waals surface area contributed by atoms with Crippen molar-refractivity contribution < 1.29 is 66.6 Å². The number of aliphatic hydroxyl groups excluding tert-OH is 1. The summed E-state index contributed by atoms with van der Waals surface area (Å²) in [5, 5.41) is 18.2. The predicted octanol–water partition coefficient (Wildman–Crippen LogP) is 0.876. The summed E-state index contributed by atoms with van der Waals surface area (Å²) in [6, 6.07) is -4.14. The van der Waals surface area contributed by atoms with Gasteiger partial charge in [0.05, 0.1) is 82.4 Å². The van der Waals surface area contributed by atoms with Gasteiger partial charge < -0.3 is 56.8 Å². The van der Waals surface area contributed by atoms with Crippen molar-refractivity contribution in [3.8, 4) is 0 Å². The zero-order valence-electron chi connectivity index (χ0n) is 39.4. The average Bonchev–Trinajstić information content (AvgIpc) is 4.00. The number of rotatable bonds is 37. The lowest BCUT2D eigenvalue weighted by Gasteiger charge is -2.28. The number of imidazole rings is 1. The number of likely N-dealkylation sites (tertiary alicyclic amines) is 1. The summed E-state index contributed by atoms with van der Waals surface area (Å²) in [4.78, 5) is 111. The molecule has 1 fully saturated rings. The number of thiol groups is 1. The third-order valence-corrected chi connectivity index (χ3v) is 12.6. The number of phosphoric acid groups is 1. The van der Waals surface area contributed by atoms with Gasteiger partial charge in [-0.25, -0.2) is 9.55 Å². The second-order valence-electron chi connectivity index (χ2n) is 17.1. The monoisotopic (exact) mass is 990 g/mol. The first-order chi connectivity index (χ1) is 31.8. The second kappa shape index (κ2) is 32.1. The molecule has 0 saturated carbocycles. The first-order valence-corrected chi connectivity index (χ1v) is 25.2. The van der Waals surface area contributed by atoms with Crippen molar-refractivity contribution in [1.29, 1.82) is 0 Å². The van der Waals surface area contributed by atoms with Crippen molar-refractivity contribution in [1.82, 2.24) is 30.8 Å². The maximum atomic E-state index is 14.1. The zero-order chi connectivity index (χ0) is 49.9. The highest BCUT2D eigenvalue weighted by atomic mass is 32.1. The van der Waals surface area contributed by atoms with E-state index in [0.717, 1.165) is 25.7 Å². The number of hydrogen-bond donors (Lipinski definition) is 9. The van der Waals surface area contributed by atoms with Gasteiger partial charge in [-0.1, -0.05) is 46.5 Å². The van der Waals surface area contributed by atoms with Crippen LogP contribution in [0.3, 0.4) is 0 Å². The summed E-state index contributed by atoms with van der Waals surface area (Å²) in [7, 11) is -4.65. The fourth-order valence-electron chi connectivity index (χ4n) is 7.31. The van der Waals surface area contributed by atoms with Gasteiger partial charge in [0.1, 0.15) is 12.1 Å². The van der Waals surface area contributed by atoms with E-state index in [2.05, 4.69) is 45.5 Å². The number of nitrogens with zero attached hydrogens (tertiary/aromatic N) is 2. The molecule has 67 heavy (non-hydrogen) atoms. The lowest BCUT2D eigenvalue weighted by Crippen LogP contribution is -2.52. The highest BCUT2D eigenvalue weighted by molar-refractivity contribution is 7.80. The van der Waals surface area contributed by atoms with Crippen LogP contribution in [-0.4, -0.2) is 155 Å². The molecule has 0 aliphatic carbocycles. The SMILES string of the molecule is CCCCCCCOP(=O)(O)O[C@H](C)[C@H](CC(=O)[C@H](CO)NC(=O)[C@@H](CC(=O)[C@H](CC(C)C)NC(=O)[C@@H]1CCCN1C(=O)CCOCCOCCNC(=O)[C@@H](N)CS)Cc1cnc[nH]1)C(N)=O. The van der Waals surface area contributed by atoms with E-state index >= 15 is 0 Å². The minimum absolute atomic E-state index is 0.00648. The Morgan fingerprint density at radius 1 is 0.955 bits per heavy atom. The number of hydrogen-bond acceptors (Lipinski definition) is 16. The number of nitrogens with one attached hydrogen (secondary N) is 4. The van der Waals surface area contributed by atoms with Crippen LogP contribution < -0.4 is 27.4 Å². The molecule has 10 N–H and O–H groups in total. The number of carbonyl (C=O) groups excluding carboxylic acids is 7. The Bertz CT molecular complexity index is 1740. The van der Waals surface area contributed by atoms with E-state index in [-0.39, 0.29) is 82.3 Å². The Hall–Kier alpha value is -3.80. The molecule has 0 aromatic carbocycles. The number of aromatic amines is 1. The summed E-state index contributed by atoms with van der Waals surface area (Å²) in [5.41, 5.74) is 11.6. The number of amides is 5. The maximum absolute atomic E-state index is 14.1. The summed E-state index contributed by atoms with van der Waals surface area (Å²) in [6.45, 7) is 7.46. The first kappa shape index (κ1) is 59.3. The lowest BCUT2D eigenvalue weighted by molar-refractivity contribution is -0.140. The largest absolute Gasteiger partial charge is 0.472 e. The van der Waals surface area contributed by atoms with Gasteiger partial charge >= 0.3 is 7.82 Å². The van der Waals surface area contributed by atoms with E-state index in [0.29, 0.717) is 31.5 Å². The van der Waals surface area contributed by atoms with Crippen LogP contribution in [0.4, 0.5) is 0 Å². The first-order valence-electron chi connectivity index (χ1n) is 23.1. The molecule has 382 valence electrons. The molecule has 24 heteroatoms. The number of carbonyl (C=O) groups is 7. The smallest absolute Gasteiger partial charge is 0.394 e. The normalized spacial score (nSPS) is 17.4. The predicted molar refractivity (Wildman–Crippen MR) is 249 cm³/mol.